The van der Waals surface area contributed by atoms with Crippen LogP contribution in [0, 0.1) is 5.92 Å². The van der Waals surface area contributed by atoms with Crippen LogP contribution in [0.15, 0.2) is 0 Å². The van der Waals surface area contributed by atoms with Gasteiger partial charge in [-0.2, -0.15) is 0 Å². The van der Waals surface area contributed by atoms with E-state index in [1.807, 2.05) is 6.92 Å². The molecule has 5 heteroatoms. The number of amides is 2. The normalized spacial score (nSPS) is 34.5. The van der Waals surface area contributed by atoms with Crippen LogP contribution in [-0.2, 0) is 14.3 Å². The van der Waals surface area contributed by atoms with Crippen molar-refractivity contribution in [1.29, 1.82) is 0 Å². The summed E-state index contributed by atoms with van der Waals surface area (Å²) in [6.45, 7) is 5.86. The second-order valence-corrected chi connectivity index (χ2v) is 4.85. The van der Waals surface area contributed by atoms with Gasteiger partial charge in [0.25, 0.3) is 0 Å². The van der Waals surface area contributed by atoms with Crippen LogP contribution in [-0.4, -0.2) is 48.6 Å². The Morgan fingerprint density at radius 3 is 2.82 bits per heavy atom. The van der Waals surface area contributed by atoms with Crippen LogP contribution >= 0.6 is 0 Å². The fourth-order valence-electron chi connectivity index (χ4n) is 2.53. The molecule has 2 saturated heterocycles. The number of hydrogen-bond donors (Lipinski definition) is 1. The van der Waals surface area contributed by atoms with E-state index in [1.165, 1.54) is 4.90 Å². The van der Waals surface area contributed by atoms with Gasteiger partial charge in [0.05, 0.1) is 19.1 Å². The zero-order chi connectivity index (χ0) is 12.4. The van der Waals surface area contributed by atoms with E-state index < -0.39 is 0 Å². The lowest BCUT2D eigenvalue weighted by atomic mass is 9.96. The van der Waals surface area contributed by atoms with Crippen molar-refractivity contribution in [2.24, 2.45) is 5.92 Å². The van der Waals surface area contributed by atoms with E-state index in [0.29, 0.717) is 18.9 Å². The van der Waals surface area contributed by atoms with Crippen molar-refractivity contribution in [2.75, 3.05) is 19.8 Å². The van der Waals surface area contributed by atoms with Gasteiger partial charge in [0.2, 0.25) is 11.8 Å². The average molecular weight is 240 g/mol. The van der Waals surface area contributed by atoms with Gasteiger partial charge >= 0.3 is 0 Å². The fourth-order valence-corrected chi connectivity index (χ4v) is 2.53. The fraction of sp³-hybridized carbons (Fsp3) is 0.833. The maximum Gasteiger partial charge on any atom is 0.246 e. The quantitative estimate of drug-likeness (QED) is 0.713. The van der Waals surface area contributed by atoms with E-state index in [-0.39, 0.29) is 23.9 Å². The number of likely N-dealkylation sites (N-methyl/N-ethyl adjacent to an activating group) is 1. The second kappa shape index (κ2) is 5.14. The molecule has 0 spiro atoms. The Hall–Kier alpha value is -0.940. The molecule has 0 bridgehead atoms. The van der Waals surface area contributed by atoms with Gasteiger partial charge in [-0.1, -0.05) is 6.92 Å². The van der Waals surface area contributed by atoms with Crippen LogP contribution in [0.3, 0.4) is 0 Å². The first kappa shape index (κ1) is 12.5. The number of carbonyl (C=O) groups excluding carboxylic acids is 2. The highest BCUT2D eigenvalue weighted by atomic mass is 16.5. The van der Waals surface area contributed by atoms with Gasteiger partial charge in [-0.15, -0.1) is 0 Å². The molecule has 0 saturated carbocycles. The van der Waals surface area contributed by atoms with Gasteiger partial charge < -0.3 is 10.1 Å². The minimum absolute atomic E-state index is 0.0605. The Bertz CT molecular complexity index is 319. The zero-order valence-electron chi connectivity index (χ0n) is 10.4. The van der Waals surface area contributed by atoms with E-state index in [1.54, 1.807) is 0 Å². The average Bonchev–Trinajstić information content (AvgIpc) is 2.57. The summed E-state index contributed by atoms with van der Waals surface area (Å²) in [7, 11) is 0. The van der Waals surface area contributed by atoms with Gasteiger partial charge in [-0.25, -0.2) is 0 Å². The molecule has 2 heterocycles. The highest BCUT2D eigenvalue weighted by Crippen LogP contribution is 2.19. The van der Waals surface area contributed by atoms with Gasteiger partial charge in [-0.05, 0) is 19.3 Å². The van der Waals surface area contributed by atoms with Gasteiger partial charge in [0.1, 0.15) is 0 Å². The third-order valence-corrected chi connectivity index (χ3v) is 3.62. The van der Waals surface area contributed by atoms with Crippen LogP contribution in [0.5, 0.6) is 0 Å². The molecule has 2 amide bonds. The van der Waals surface area contributed by atoms with Crippen LogP contribution < -0.4 is 5.32 Å². The number of likely N-dealkylation sites (tertiary alicyclic amines) is 1. The number of imide groups is 1. The van der Waals surface area contributed by atoms with Crippen molar-refractivity contribution in [3.8, 4) is 0 Å². The van der Waals surface area contributed by atoms with Gasteiger partial charge in [0.15, 0.2) is 0 Å². The molecular formula is C12H20N2O3. The van der Waals surface area contributed by atoms with E-state index >= 15 is 0 Å². The van der Waals surface area contributed by atoms with E-state index in [4.69, 9.17) is 4.74 Å². The van der Waals surface area contributed by atoms with E-state index in [2.05, 4.69) is 12.2 Å². The van der Waals surface area contributed by atoms with Gasteiger partial charge in [0, 0.05) is 19.2 Å². The summed E-state index contributed by atoms with van der Waals surface area (Å²) >= 11 is 0. The molecule has 2 aliphatic heterocycles. The summed E-state index contributed by atoms with van der Waals surface area (Å²) in [6, 6.07) is -0.0460. The molecule has 3 unspecified atom stereocenters. The standard InChI is InChI=1S/C12H20N2O3/c1-3-14-11(15)6-10(12(14)16)13-9-4-5-17-7-8(9)2/h8-10,13H,3-7H2,1-2H3. The summed E-state index contributed by atoms with van der Waals surface area (Å²) in [4.78, 5) is 24.9. The molecule has 5 nitrogen and oxygen atoms in total. The van der Waals surface area contributed by atoms with Crippen molar-refractivity contribution in [2.45, 2.75) is 38.8 Å². The lowest BCUT2D eigenvalue weighted by Crippen LogP contribution is -2.49. The highest BCUT2D eigenvalue weighted by Gasteiger charge is 2.39. The van der Waals surface area contributed by atoms with Crippen molar-refractivity contribution in [1.82, 2.24) is 10.2 Å². The third kappa shape index (κ3) is 2.50. The number of rotatable bonds is 3. The Morgan fingerprint density at radius 1 is 1.47 bits per heavy atom. The molecule has 0 aromatic rings. The lowest BCUT2D eigenvalue weighted by molar-refractivity contribution is -0.138. The highest BCUT2D eigenvalue weighted by molar-refractivity contribution is 6.05. The SMILES string of the molecule is CCN1C(=O)CC(NC2CCOCC2C)C1=O. The molecule has 96 valence electrons. The number of nitrogens with one attached hydrogen (secondary N) is 1. The molecule has 3 atom stereocenters. The molecule has 2 fully saturated rings. The van der Waals surface area contributed by atoms with Crippen LogP contribution in [0.25, 0.3) is 0 Å². The Morgan fingerprint density at radius 2 is 2.24 bits per heavy atom. The first-order valence-electron chi connectivity index (χ1n) is 6.31. The summed E-state index contributed by atoms with van der Waals surface area (Å²) < 4.78 is 5.36. The largest absolute Gasteiger partial charge is 0.381 e. The molecule has 1 N–H and O–H groups in total. The molecular weight excluding hydrogens is 220 g/mol. The zero-order valence-corrected chi connectivity index (χ0v) is 10.4. The number of hydrogen-bond acceptors (Lipinski definition) is 4. The molecule has 0 radical (unpaired) electrons. The smallest absolute Gasteiger partial charge is 0.246 e. The maximum absolute atomic E-state index is 11.9. The summed E-state index contributed by atoms with van der Waals surface area (Å²) in [6.07, 6.45) is 1.21. The molecule has 17 heavy (non-hydrogen) atoms. The summed E-state index contributed by atoms with van der Waals surface area (Å²) in [5.74, 6) is 0.258. The Kier molecular flexibility index (Phi) is 3.79. The number of carbonyl (C=O) groups is 2. The lowest BCUT2D eigenvalue weighted by Gasteiger charge is -2.31. The summed E-state index contributed by atoms with van der Waals surface area (Å²) in [5, 5.41) is 3.32. The topological polar surface area (TPSA) is 58.6 Å². The van der Waals surface area contributed by atoms with E-state index in [9.17, 15) is 9.59 Å². The molecule has 2 aliphatic rings. The third-order valence-electron chi connectivity index (χ3n) is 3.62. The maximum atomic E-state index is 11.9. The van der Waals surface area contributed by atoms with Crippen LogP contribution in [0.1, 0.15) is 26.7 Å². The Balaban J connectivity index is 1.95. The first-order chi connectivity index (χ1) is 8.13. The predicted octanol–water partition coefficient (Wildman–Crippen LogP) is 0.148. The van der Waals surface area contributed by atoms with Crippen molar-refractivity contribution in [3.63, 3.8) is 0 Å². The Labute approximate surface area is 101 Å². The van der Waals surface area contributed by atoms with E-state index in [0.717, 1.165) is 19.6 Å². The predicted molar refractivity (Wildman–Crippen MR) is 62.3 cm³/mol. The van der Waals surface area contributed by atoms with Crippen molar-refractivity contribution < 1.29 is 14.3 Å². The molecule has 0 aromatic carbocycles. The number of nitrogens with zero attached hydrogens (tertiary/aromatic N) is 1. The van der Waals surface area contributed by atoms with Crippen LogP contribution in [0.4, 0.5) is 0 Å². The molecule has 0 aromatic heterocycles. The minimum Gasteiger partial charge on any atom is -0.381 e. The van der Waals surface area contributed by atoms with Crippen molar-refractivity contribution >= 4 is 11.8 Å². The first-order valence-corrected chi connectivity index (χ1v) is 6.31. The minimum atomic E-state index is -0.326. The number of ether oxygens (including phenoxy) is 1. The monoisotopic (exact) mass is 240 g/mol. The van der Waals surface area contributed by atoms with Crippen LogP contribution in [0.2, 0.25) is 0 Å². The second-order valence-electron chi connectivity index (χ2n) is 4.85. The molecule has 2 rings (SSSR count). The van der Waals surface area contributed by atoms with Crippen molar-refractivity contribution in [3.05, 3.63) is 0 Å². The van der Waals surface area contributed by atoms with Gasteiger partial charge in [-0.3, -0.25) is 14.5 Å². The molecule has 0 aliphatic carbocycles. The summed E-state index contributed by atoms with van der Waals surface area (Å²) in [5.41, 5.74) is 0.